The second-order valence-corrected chi connectivity index (χ2v) is 5.96. The molecule has 106 valence electrons. The minimum atomic E-state index is 0.142. The fourth-order valence-electron chi connectivity index (χ4n) is 3.49. The Balaban J connectivity index is 1.70. The molecule has 0 aliphatic carbocycles. The van der Waals surface area contributed by atoms with Crippen LogP contribution in [0, 0.1) is 12.8 Å². The van der Waals surface area contributed by atoms with Gasteiger partial charge in [-0.15, -0.1) is 0 Å². The van der Waals surface area contributed by atoms with Gasteiger partial charge in [0.15, 0.2) is 0 Å². The number of ether oxygens (including phenoxy) is 1. The normalized spacial score (nSPS) is 24.3. The summed E-state index contributed by atoms with van der Waals surface area (Å²) in [6.07, 6.45) is 2.45. The van der Waals surface area contributed by atoms with Gasteiger partial charge < -0.3 is 19.8 Å². The third-order valence-corrected chi connectivity index (χ3v) is 4.76. The van der Waals surface area contributed by atoms with Crippen molar-refractivity contribution < 1.29 is 9.15 Å². The van der Waals surface area contributed by atoms with E-state index in [2.05, 4.69) is 17.0 Å². The number of aryl methyl sites for hydroxylation is 1. The SMILES string of the molecule is Cc1ccc(C2(C3CCN(CCN)CC3)COC2)o1. The van der Waals surface area contributed by atoms with E-state index in [1.54, 1.807) is 0 Å². The first-order valence-corrected chi connectivity index (χ1v) is 7.32. The Morgan fingerprint density at radius 1 is 1.32 bits per heavy atom. The molecular weight excluding hydrogens is 240 g/mol. The van der Waals surface area contributed by atoms with Crippen molar-refractivity contribution in [2.24, 2.45) is 11.7 Å². The summed E-state index contributed by atoms with van der Waals surface area (Å²) in [5, 5.41) is 0. The molecule has 2 saturated heterocycles. The molecule has 4 heteroatoms. The summed E-state index contributed by atoms with van der Waals surface area (Å²) in [6.45, 7) is 7.75. The van der Waals surface area contributed by atoms with Crippen molar-refractivity contribution in [3.63, 3.8) is 0 Å². The number of likely N-dealkylation sites (tertiary alicyclic amines) is 1. The van der Waals surface area contributed by atoms with E-state index in [0.717, 1.165) is 50.9 Å². The minimum Gasteiger partial charge on any atom is -0.466 e. The second-order valence-electron chi connectivity index (χ2n) is 5.96. The van der Waals surface area contributed by atoms with Gasteiger partial charge in [0.05, 0.1) is 18.6 Å². The van der Waals surface area contributed by atoms with Crippen LogP contribution in [0.25, 0.3) is 0 Å². The van der Waals surface area contributed by atoms with Crippen LogP contribution in [0.5, 0.6) is 0 Å². The van der Waals surface area contributed by atoms with Crippen LogP contribution in [0.15, 0.2) is 16.5 Å². The van der Waals surface area contributed by atoms with Crippen LogP contribution >= 0.6 is 0 Å². The Kier molecular flexibility index (Phi) is 3.65. The van der Waals surface area contributed by atoms with Gasteiger partial charge in [0.1, 0.15) is 11.5 Å². The average Bonchev–Trinajstić information content (AvgIpc) is 2.77. The molecular formula is C15H24N2O2. The van der Waals surface area contributed by atoms with E-state index in [1.165, 1.54) is 12.8 Å². The molecule has 1 aromatic rings. The molecule has 3 rings (SSSR count). The Bertz CT molecular complexity index is 418. The van der Waals surface area contributed by atoms with Crippen molar-refractivity contribution in [1.82, 2.24) is 4.90 Å². The average molecular weight is 264 g/mol. The molecule has 2 N–H and O–H groups in total. The zero-order chi connectivity index (χ0) is 13.3. The smallest absolute Gasteiger partial charge is 0.115 e. The van der Waals surface area contributed by atoms with Crippen LogP contribution < -0.4 is 5.73 Å². The zero-order valence-corrected chi connectivity index (χ0v) is 11.7. The van der Waals surface area contributed by atoms with Gasteiger partial charge in [-0.3, -0.25) is 0 Å². The lowest BCUT2D eigenvalue weighted by molar-refractivity contribution is -0.111. The van der Waals surface area contributed by atoms with E-state index in [9.17, 15) is 0 Å². The van der Waals surface area contributed by atoms with Crippen molar-refractivity contribution >= 4 is 0 Å². The maximum Gasteiger partial charge on any atom is 0.115 e. The van der Waals surface area contributed by atoms with E-state index in [0.29, 0.717) is 5.92 Å². The molecule has 4 nitrogen and oxygen atoms in total. The molecule has 0 bridgehead atoms. The molecule has 0 atom stereocenters. The van der Waals surface area contributed by atoms with Gasteiger partial charge in [0.25, 0.3) is 0 Å². The highest BCUT2D eigenvalue weighted by Crippen LogP contribution is 2.44. The maximum atomic E-state index is 5.90. The Morgan fingerprint density at radius 3 is 2.53 bits per heavy atom. The lowest BCUT2D eigenvalue weighted by atomic mass is 9.68. The summed E-state index contributed by atoms with van der Waals surface area (Å²) < 4.78 is 11.4. The summed E-state index contributed by atoms with van der Waals surface area (Å²) in [6, 6.07) is 4.21. The molecule has 1 aromatic heterocycles. The third-order valence-electron chi connectivity index (χ3n) is 4.76. The summed E-state index contributed by atoms with van der Waals surface area (Å²) in [4.78, 5) is 2.47. The van der Waals surface area contributed by atoms with Crippen LogP contribution in [0.2, 0.25) is 0 Å². The lowest BCUT2D eigenvalue weighted by Crippen LogP contribution is -2.55. The zero-order valence-electron chi connectivity index (χ0n) is 11.7. The van der Waals surface area contributed by atoms with Crippen LogP contribution in [0.3, 0.4) is 0 Å². The lowest BCUT2D eigenvalue weighted by Gasteiger charge is -2.48. The molecule has 0 saturated carbocycles. The summed E-state index contributed by atoms with van der Waals surface area (Å²) in [5.74, 6) is 2.82. The van der Waals surface area contributed by atoms with E-state index < -0.39 is 0 Å². The van der Waals surface area contributed by atoms with Crippen LogP contribution in [-0.2, 0) is 10.2 Å². The van der Waals surface area contributed by atoms with E-state index in [-0.39, 0.29) is 5.41 Å². The maximum absolute atomic E-state index is 5.90. The van der Waals surface area contributed by atoms with E-state index in [4.69, 9.17) is 14.9 Å². The first-order chi connectivity index (χ1) is 9.24. The predicted molar refractivity (Wildman–Crippen MR) is 74.2 cm³/mol. The number of rotatable bonds is 4. The monoisotopic (exact) mass is 264 g/mol. The topological polar surface area (TPSA) is 51.6 Å². The van der Waals surface area contributed by atoms with Crippen molar-refractivity contribution in [3.8, 4) is 0 Å². The standard InChI is InChI=1S/C15H24N2O2/c1-12-2-3-14(19-12)15(10-18-11-15)13-4-7-17(8-5-13)9-6-16/h2-3,13H,4-11,16H2,1H3. The van der Waals surface area contributed by atoms with Gasteiger partial charge in [-0.05, 0) is 50.9 Å². The van der Waals surface area contributed by atoms with Gasteiger partial charge in [-0.1, -0.05) is 0 Å². The van der Waals surface area contributed by atoms with Crippen LogP contribution in [0.1, 0.15) is 24.4 Å². The number of nitrogens with zero attached hydrogens (tertiary/aromatic N) is 1. The van der Waals surface area contributed by atoms with Crippen molar-refractivity contribution in [1.29, 1.82) is 0 Å². The summed E-state index contributed by atoms with van der Waals surface area (Å²) in [5.41, 5.74) is 5.78. The highest BCUT2D eigenvalue weighted by atomic mass is 16.5. The molecule has 0 radical (unpaired) electrons. The molecule has 0 spiro atoms. The van der Waals surface area contributed by atoms with Crippen LogP contribution in [0.4, 0.5) is 0 Å². The highest BCUT2D eigenvalue weighted by molar-refractivity contribution is 5.22. The van der Waals surface area contributed by atoms with Crippen molar-refractivity contribution in [3.05, 3.63) is 23.7 Å². The highest BCUT2D eigenvalue weighted by Gasteiger charge is 2.49. The Morgan fingerprint density at radius 2 is 2.05 bits per heavy atom. The molecule has 2 fully saturated rings. The first-order valence-electron chi connectivity index (χ1n) is 7.32. The fraction of sp³-hybridized carbons (Fsp3) is 0.733. The quantitative estimate of drug-likeness (QED) is 0.896. The number of hydrogen-bond donors (Lipinski definition) is 1. The first kappa shape index (κ1) is 13.2. The van der Waals surface area contributed by atoms with Gasteiger partial charge >= 0.3 is 0 Å². The predicted octanol–water partition coefficient (Wildman–Crippen LogP) is 1.53. The Hall–Kier alpha value is -0.840. The fourth-order valence-corrected chi connectivity index (χ4v) is 3.49. The third kappa shape index (κ3) is 2.33. The molecule has 0 aromatic carbocycles. The molecule has 0 unspecified atom stereocenters. The number of piperidine rings is 1. The van der Waals surface area contributed by atoms with Gasteiger partial charge in [-0.2, -0.15) is 0 Å². The molecule has 19 heavy (non-hydrogen) atoms. The molecule has 3 heterocycles. The molecule has 2 aliphatic heterocycles. The van der Waals surface area contributed by atoms with Gasteiger partial charge in [0.2, 0.25) is 0 Å². The van der Waals surface area contributed by atoms with E-state index in [1.807, 2.05) is 6.92 Å². The van der Waals surface area contributed by atoms with Crippen molar-refractivity contribution in [2.45, 2.75) is 25.2 Å². The van der Waals surface area contributed by atoms with Crippen LogP contribution in [-0.4, -0.2) is 44.3 Å². The number of nitrogens with two attached hydrogens (primary N) is 1. The summed E-state index contributed by atoms with van der Waals surface area (Å²) >= 11 is 0. The van der Waals surface area contributed by atoms with E-state index >= 15 is 0 Å². The van der Waals surface area contributed by atoms with Crippen molar-refractivity contribution in [2.75, 3.05) is 39.4 Å². The minimum absolute atomic E-state index is 0.142. The summed E-state index contributed by atoms with van der Waals surface area (Å²) in [7, 11) is 0. The Labute approximate surface area is 114 Å². The number of furan rings is 1. The largest absolute Gasteiger partial charge is 0.466 e. The van der Waals surface area contributed by atoms with Gasteiger partial charge in [-0.25, -0.2) is 0 Å². The molecule has 2 aliphatic rings. The molecule has 0 amide bonds. The second kappa shape index (κ2) is 5.27. The number of hydrogen-bond acceptors (Lipinski definition) is 4. The van der Waals surface area contributed by atoms with Gasteiger partial charge in [0, 0.05) is 13.1 Å².